The topological polar surface area (TPSA) is 41.9 Å². The van der Waals surface area contributed by atoms with Gasteiger partial charge in [0.15, 0.2) is 11.6 Å². The van der Waals surface area contributed by atoms with Gasteiger partial charge in [-0.3, -0.25) is 4.98 Å². The average molecular weight is 260 g/mol. The zero-order chi connectivity index (χ0) is 13.7. The maximum Gasteiger partial charge on any atom is 0.187 e. The lowest BCUT2D eigenvalue weighted by Gasteiger charge is -2.19. The van der Waals surface area contributed by atoms with Crippen molar-refractivity contribution in [2.75, 3.05) is 18.5 Å². The minimum Gasteiger partial charge on any atom is -0.357 e. The third-order valence-electron chi connectivity index (χ3n) is 3.02. The molecule has 2 aromatic rings. The predicted octanol–water partition coefficient (Wildman–Crippen LogP) is 2.25. The summed E-state index contributed by atoms with van der Waals surface area (Å²) in [6.45, 7) is 2.58. The summed E-state index contributed by atoms with van der Waals surface area (Å²) in [7, 11) is 1.84. The Morgan fingerprint density at radius 3 is 2.63 bits per heavy atom. The fourth-order valence-electron chi connectivity index (χ4n) is 1.86. The first kappa shape index (κ1) is 13.4. The van der Waals surface area contributed by atoms with Crippen LogP contribution in [0.1, 0.15) is 18.2 Å². The second-order valence-corrected chi connectivity index (χ2v) is 4.34. The number of aromatic nitrogens is 3. The molecule has 0 aliphatic rings. The number of pyridine rings is 1. The summed E-state index contributed by atoms with van der Waals surface area (Å²) in [6, 6.07) is 3.92. The number of nitrogens with zero attached hydrogens (tertiary/aromatic N) is 4. The van der Waals surface area contributed by atoms with E-state index >= 15 is 0 Å². The minimum absolute atomic E-state index is 0.317. The second kappa shape index (κ2) is 6.22. The third-order valence-corrected chi connectivity index (χ3v) is 3.02. The Hall–Kier alpha value is -2.04. The zero-order valence-corrected chi connectivity index (χ0v) is 11.2. The standard InChI is InChI=1S/C14H17FN4/c1-3-12-13(15)14(18-10-17-12)19(2)9-6-11-4-7-16-8-5-11/h4-5,7-8,10H,3,6,9H2,1-2H3. The highest BCUT2D eigenvalue weighted by Crippen LogP contribution is 2.17. The van der Waals surface area contributed by atoms with Crippen molar-refractivity contribution in [3.8, 4) is 0 Å². The predicted molar refractivity (Wildman–Crippen MR) is 72.6 cm³/mol. The summed E-state index contributed by atoms with van der Waals surface area (Å²) in [5.41, 5.74) is 1.63. The maximum atomic E-state index is 14.1. The van der Waals surface area contributed by atoms with Crippen LogP contribution in [0.15, 0.2) is 30.9 Å². The Morgan fingerprint density at radius 1 is 1.21 bits per heavy atom. The summed E-state index contributed by atoms with van der Waals surface area (Å²) in [5, 5.41) is 0. The van der Waals surface area contributed by atoms with Crippen LogP contribution in [0.2, 0.25) is 0 Å². The average Bonchev–Trinajstić information content (AvgIpc) is 2.46. The molecule has 19 heavy (non-hydrogen) atoms. The van der Waals surface area contributed by atoms with Crippen molar-refractivity contribution in [3.63, 3.8) is 0 Å². The van der Waals surface area contributed by atoms with Gasteiger partial charge >= 0.3 is 0 Å². The molecule has 100 valence electrons. The van der Waals surface area contributed by atoms with Crippen LogP contribution in [-0.4, -0.2) is 28.5 Å². The lowest BCUT2D eigenvalue weighted by Crippen LogP contribution is -2.23. The summed E-state index contributed by atoms with van der Waals surface area (Å²) >= 11 is 0. The minimum atomic E-state index is -0.317. The van der Waals surface area contributed by atoms with E-state index < -0.39 is 0 Å². The van der Waals surface area contributed by atoms with Crippen molar-refractivity contribution >= 4 is 5.82 Å². The van der Waals surface area contributed by atoms with Crippen LogP contribution in [0.5, 0.6) is 0 Å². The smallest absolute Gasteiger partial charge is 0.187 e. The fraction of sp³-hybridized carbons (Fsp3) is 0.357. The SMILES string of the molecule is CCc1ncnc(N(C)CCc2ccncc2)c1F. The van der Waals surface area contributed by atoms with Crippen LogP contribution in [0.25, 0.3) is 0 Å². The molecule has 0 aromatic carbocycles. The Kier molecular flexibility index (Phi) is 4.39. The zero-order valence-electron chi connectivity index (χ0n) is 11.2. The lowest BCUT2D eigenvalue weighted by atomic mass is 10.2. The van der Waals surface area contributed by atoms with Gasteiger partial charge in [0.1, 0.15) is 6.33 Å². The summed E-state index contributed by atoms with van der Waals surface area (Å²) < 4.78 is 14.1. The molecule has 5 heteroatoms. The lowest BCUT2D eigenvalue weighted by molar-refractivity contribution is 0.588. The maximum absolute atomic E-state index is 14.1. The number of hydrogen-bond acceptors (Lipinski definition) is 4. The molecule has 4 nitrogen and oxygen atoms in total. The molecule has 0 aliphatic carbocycles. The van der Waals surface area contributed by atoms with Gasteiger partial charge in [-0.05, 0) is 30.5 Å². The van der Waals surface area contributed by atoms with Gasteiger partial charge in [0.2, 0.25) is 0 Å². The molecule has 0 radical (unpaired) electrons. The monoisotopic (exact) mass is 260 g/mol. The normalized spacial score (nSPS) is 10.5. The van der Waals surface area contributed by atoms with E-state index in [2.05, 4.69) is 15.0 Å². The molecular weight excluding hydrogens is 243 g/mol. The van der Waals surface area contributed by atoms with Gasteiger partial charge in [-0.25, -0.2) is 14.4 Å². The van der Waals surface area contributed by atoms with Gasteiger partial charge in [-0.1, -0.05) is 6.92 Å². The summed E-state index contributed by atoms with van der Waals surface area (Å²) in [5.74, 6) is 0.0446. The number of rotatable bonds is 5. The van der Waals surface area contributed by atoms with Crippen LogP contribution in [0.4, 0.5) is 10.2 Å². The molecule has 0 aliphatic heterocycles. The van der Waals surface area contributed by atoms with E-state index in [1.54, 1.807) is 12.4 Å². The fourth-order valence-corrected chi connectivity index (χ4v) is 1.86. The van der Waals surface area contributed by atoms with E-state index in [4.69, 9.17) is 0 Å². The summed E-state index contributed by atoms with van der Waals surface area (Å²) in [6.07, 6.45) is 6.33. The van der Waals surface area contributed by atoms with Crippen molar-refractivity contribution in [2.45, 2.75) is 19.8 Å². The van der Waals surface area contributed by atoms with Crippen LogP contribution in [0.3, 0.4) is 0 Å². The molecule has 0 atom stereocenters. The van der Waals surface area contributed by atoms with E-state index in [1.165, 1.54) is 11.9 Å². The number of likely N-dealkylation sites (N-methyl/N-ethyl adjacent to an activating group) is 1. The second-order valence-electron chi connectivity index (χ2n) is 4.34. The number of hydrogen-bond donors (Lipinski definition) is 0. The first-order valence-corrected chi connectivity index (χ1v) is 6.31. The third kappa shape index (κ3) is 3.24. The Labute approximate surface area is 112 Å². The van der Waals surface area contributed by atoms with Crippen LogP contribution >= 0.6 is 0 Å². The van der Waals surface area contributed by atoms with E-state index in [0.717, 1.165) is 6.42 Å². The molecule has 2 heterocycles. The Morgan fingerprint density at radius 2 is 1.95 bits per heavy atom. The molecule has 0 unspecified atom stereocenters. The molecule has 0 saturated heterocycles. The molecular formula is C14H17FN4. The molecule has 0 N–H and O–H groups in total. The number of halogens is 1. The Balaban J connectivity index is 2.06. The summed E-state index contributed by atoms with van der Waals surface area (Å²) in [4.78, 5) is 13.8. The van der Waals surface area contributed by atoms with E-state index in [1.807, 2.05) is 31.0 Å². The van der Waals surface area contributed by atoms with Gasteiger partial charge in [0.25, 0.3) is 0 Å². The van der Waals surface area contributed by atoms with Gasteiger partial charge in [-0.15, -0.1) is 0 Å². The van der Waals surface area contributed by atoms with Gasteiger partial charge in [0, 0.05) is 26.0 Å². The highest BCUT2D eigenvalue weighted by molar-refractivity contribution is 5.40. The van der Waals surface area contributed by atoms with E-state index in [-0.39, 0.29) is 5.82 Å². The Bertz CT molecular complexity index is 530. The van der Waals surface area contributed by atoms with Crippen LogP contribution in [0, 0.1) is 5.82 Å². The molecule has 0 bridgehead atoms. The molecule has 2 rings (SSSR count). The molecule has 0 spiro atoms. The molecule has 0 amide bonds. The van der Waals surface area contributed by atoms with Gasteiger partial charge in [0.05, 0.1) is 5.69 Å². The van der Waals surface area contributed by atoms with Crippen molar-refractivity contribution in [1.82, 2.24) is 15.0 Å². The van der Waals surface area contributed by atoms with E-state index in [9.17, 15) is 4.39 Å². The van der Waals surface area contributed by atoms with Gasteiger partial charge < -0.3 is 4.90 Å². The van der Waals surface area contributed by atoms with Crippen LogP contribution < -0.4 is 4.90 Å². The van der Waals surface area contributed by atoms with Crippen LogP contribution in [-0.2, 0) is 12.8 Å². The quantitative estimate of drug-likeness (QED) is 0.827. The van der Waals surface area contributed by atoms with Crippen molar-refractivity contribution in [2.24, 2.45) is 0 Å². The molecule has 0 saturated carbocycles. The van der Waals surface area contributed by atoms with Crippen molar-refractivity contribution in [1.29, 1.82) is 0 Å². The first-order valence-electron chi connectivity index (χ1n) is 6.31. The van der Waals surface area contributed by atoms with Crippen molar-refractivity contribution in [3.05, 3.63) is 47.9 Å². The number of aryl methyl sites for hydroxylation is 1. The number of anilines is 1. The molecule has 0 fully saturated rings. The largest absolute Gasteiger partial charge is 0.357 e. The first-order chi connectivity index (χ1) is 9.22. The van der Waals surface area contributed by atoms with E-state index in [0.29, 0.717) is 24.5 Å². The highest BCUT2D eigenvalue weighted by Gasteiger charge is 2.13. The highest BCUT2D eigenvalue weighted by atomic mass is 19.1. The van der Waals surface area contributed by atoms with Gasteiger partial charge in [-0.2, -0.15) is 0 Å². The van der Waals surface area contributed by atoms with Crippen molar-refractivity contribution < 1.29 is 4.39 Å². The molecule has 2 aromatic heterocycles.